The SMILES string of the molecule is CCOC(=O)c1ccc2c(c1)N(CC)C(=CC=c1sc3nc4ccccc4n3c1=O)N2CC. The summed E-state index contributed by atoms with van der Waals surface area (Å²) in [5, 5.41) is 0. The van der Waals surface area contributed by atoms with Crippen LogP contribution in [0.1, 0.15) is 31.1 Å². The fourth-order valence-corrected chi connectivity index (χ4v) is 5.25. The van der Waals surface area contributed by atoms with Crippen LogP contribution in [0.5, 0.6) is 0 Å². The standard InChI is InChI=1S/C25H24N4O3S/c1-4-27-19-12-11-16(24(31)32-6-3)15-20(19)28(5-2)22(27)14-13-21-23(30)29-18-10-8-7-9-17(18)26-25(29)33-21/h7-15H,4-6H2,1-3H3. The van der Waals surface area contributed by atoms with Crippen molar-refractivity contribution in [2.45, 2.75) is 20.8 Å². The molecule has 0 radical (unpaired) electrons. The molecule has 0 aliphatic carbocycles. The maximum atomic E-state index is 13.1. The van der Waals surface area contributed by atoms with Gasteiger partial charge in [-0.3, -0.25) is 4.79 Å². The lowest BCUT2D eigenvalue weighted by molar-refractivity contribution is 0.0526. The summed E-state index contributed by atoms with van der Waals surface area (Å²) in [7, 11) is 0. The van der Waals surface area contributed by atoms with Crippen molar-refractivity contribution in [2.75, 3.05) is 29.5 Å². The van der Waals surface area contributed by atoms with Gasteiger partial charge in [0.25, 0.3) is 5.56 Å². The molecule has 168 valence electrons. The first-order valence-electron chi connectivity index (χ1n) is 11.1. The maximum Gasteiger partial charge on any atom is 0.338 e. The van der Waals surface area contributed by atoms with Crippen LogP contribution < -0.4 is 19.9 Å². The molecule has 0 fully saturated rings. The van der Waals surface area contributed by atoms with Gasteiger partial charge >= 0.3 is 5.97 Å². The quantitative estimate of drug-likeness (QED) is 0.422. The van der Waals surface area contributed by atoms with E-state index in [9.17, 15) is 9.59 Å². The highest BCUT2D eigenvalue weighted by atomic mass is 32.1. The van der Waals surface area contributed by atoms with Crippen LogP contribution in [0.15, 0.2) is 59.2 Å². The zero-order valence-corrected chi connectivity index (χ0v) is 19.6. The van der Waals surface area contributed by atoms with Crippen LogP contribution in [-0.4, -0.2) is 35.1 Å². The molecule has 2 aromatic heterocycles. The summed E-state index contributed by atoms with van der Waals surface area (Å²) >= 11 is 1.39. The number of nitrogens with zero attached hydrogens (tertiary/aromatic N) is 4. The van der Waals surface area contributed by atoms with Crippen LogP contribution in [0.2, 0.25) is 0 Å². The molecular formula is C25H24N4O3S. The Labute approximate surface area is 194 Å². The van der Waals surface area contributed by atoms with Crippen LogP contribution >= 0.6 is 11.3 Å². The van der Waals surface area contributed by atoms with Gasteiger partial charge in [-0.2, -0.15) is 0 Å². The number of anilines is 2. The van der Waals surface area contributed by atoms with Gasteiger partial charge in [-0.15, -0.1) is 0 Å². The van der Waals surface area contributed by atoms with Crippen LogP contribution in [0.25, 0.3) is 22.1 Å². The summed E-state index contributed by atoms with van der Waals surface area (Å²) in [6.45, 7) is 7.76. The number of hydrogen-bond donors (Lipinski definition) is 0. The minimum Gasteiger partial charge on any atom is -0.462 e. The van der Waals surface area contributed by atoms with Crippen LogP contribution in [-0.2, 0) is 4.74 Å². The first-order chi connectivity index (χ1) is 16.1. The van der Waals surface area contributed by atoms with Gasteiger partial charge in [0.1, 0.15) is 5.82 Å². The Morgan fingerprint density at radius 1 is 1.03 bits per heavy atom. The average Bonchev–Trinajstić information content (AvgIpc) is 3.44. The van der Waals surface area contributed by atoms with Crippen LogP contribution in [0, 0.1) is 0 Å². The summed E-state index contributed by atoms with van der Waals surface area (Å²) in [5.41, 5.74) is 4.10. The van der Waals surface area contributed by atoms with E-state index in [0.717, 1.165) is 41.3 Å². The maximum absolute atomic E-state index is 13.1. The molecule has 33 heavy (non-hydrogen) atoms. The molecule has 0 spiro atoms. The largest absolute Gasteiger partial charge is 0.462 e. The second-order valence-corrected chi connectivity index (χ2v) is 8.60. The molecule has 4 aromatic rings. The molecule has 1 aliphatic heterocycles. The van der Waals surface area contributed by atoms with E-state index in [1.54, 1.807) is 17.4 Å². The minimum absolute atomic E-state index is 0.0632. The summed E-state index contributed by atoms with van der Waals surface area (Å²) in [6.07, 6.45) is 3.85. The molecule has 1 aliphatic rings. The molecule has 0 saturated carbocycles. The molecule has 8 heteroatoms. The number of ether oxygens (including phenoxy) is 1. The molecule has 0 N–H and O–H groups in total. The van der Waals surface area contributed by atoms with Gasteiger partial charge in [0.05, 0.1) is 39.1 Å². The number of hydrogen-bond acceptors (Lipinski definition) is 7. The Kier molecular flexibility index (Phi) is 5.38. The average molecular weight is 461 g/mol. The topological polar surface area (TPSA) is 67.2 Å². The van der Waals surface area contributed by atoms with E-state index in [4.69, 9.17) is 4.74 Å². The molecule has 2 aromatic carbocycles. The second-order valence-electron chi connectivity index (χ2n) is 7.59. The Bertz CT molecular complexity index is 1520. The van der Waals surface area contributed by atoms with E-state index in [-0.39, 0.29) is 11.5 Å². The number of benzene rings is 2. The van der Waals surface area contributed by atoms with Crippen molar-refractivity contribution in [3.05, 3.63) is 74.8 Å². The number of esters is 1. The first kappa shape index (κ1) is 21.2. The number of para-hydroxylation sites is 2. The van der Waals surface area contributed by atoms with E-state index in [1.807, 2.05) is 48.6 Å². The van der Waals surface area contributed by atoms with Crippen molar-refractivity contribution >= 4 is 50.8 Å². The normalized spacial score (nSPS) is 15.2. The van der Waals surface area contributed by atoms with Crippen LogP contribution in [0.4, 0.5) is 11.4 Å². The molecule has 0 unspecified atom stereocenters. The van der Waals surface area contributed by atoms with Gasteiger partial charge in [0.2, 0.25) is 0 Å². The summed E-state index contributed by atoms with van der Waals surface area (Å²) in [4.78, 5) is 35.0. The number of allylic oxidation sites excluding steroid dienone is 1. The zero-order chi connectivity index (χ0) is 23.1. The highest BCUT2D eigenvalue weighted by Crippen LogP contribution is 2.42. The fraction of sp³-hybridized carbons (Fsp3) is 0.240. The zero-order valence-electron chi connectivity index (χ0n) is 18.7. The van der Waals surface area contributed by atoms with Crippen molar-refractivity contribution in [3.8, 4) is 0 Å². The van der Waals surface area contributed by atoms with Gasteiger partial charge < -0.3 is 14.5 Å². The highest BCUT2D eigenvalue weighted by Gasteiger charge is 2.30. The Balaban J connectivity index is 1.60. The lowest BCUT2D eigenvalue weighted by Crippen LogP contribution is -2.28. The Morgan fingerprint density at radius 2 is 1.79 bits per heavy atom. The summed E-state index contributed by atoms with van der Waals surface area (Å²) in [6, 6.07) is 13.3. The van der Waals surface area contributed by atoms with Crippen molar-refractivity contribution in [3.63, 3.8) is 0 Å². The summed E-state index contributed by atoms with van der Waals surface area (Å²) in [5.74, 6) is 0.639. The van der Waals surface area contributed by atoms with E-state index >= 15 is 0 Å². The molecule has 0 atom stereocenters. The number of carbonyl (C=O) groups is 1. The van der Waals surface area contributed by atoms with E-state index in [2.05, 4.69) is 28.6 Å². The summed E-state index contributed by atoms with van der Waals surface area (Å²) < 4.78 is 7.48. The van der Waals surface area contributed by atoms with Crippen molar-refractivity contribution in [1.29, 1.82) is 0 Å². The minimum atomic E-state index is -0.325. The molecule has 0 saturated heterocycles. The van der Waals surface area contributed by atoms with Gasteiger partial charge in [-0.05, 0) is 63.3 Å². The number of thiazole rings is 1. The number of aromatic nitrogens is 2. The lowest BCUT2D eigenvalue weighted by Gasteiger charge is -2.23. The van der Waals surface area contributed by atoms with Gasteiger partial charge in [0.15, 0.2) is 4.96 Å². The first-order valence-corrected chi connectivity index (χ1v) is 11.9. The van der Waals surface area contributed by atoms with E-state index in [1.165, 1.54) is 11.3 Å². The van der Waals surface area contributed by atoms with Gasteiger partial charge in [-0.25, -0.2) is 14.2 Å². The molecule has 7 nitrogen and oxygen atoms in total. The molecule has 0 amide bonds. The van der Waals surface area contributed by atoms with Crippen molar-refractivity contribution < 1.29 is 9.53 Å². The third kappa shape index (κ3) is 3.38. The molecule has 0 bridgehead atoms. The molecule has 3 heterocycles. The van der Waals surface area contributed by atoms with Crippen molar-refractivity contribution in [2.24, 2.45) is 0 Å². The number of fused-ring (bicyclic) bond motifs is 4. The number of rotatable bonds is 5. The second kappa shape index (κ2) is 8.37. The molecular weight excluding hydrogens is 436 g/mol. The predicted octanol–water partition coefficient (Wildman–Crippen LogP) is 3.79. The Hall–Kier alpha value is -3.65. The molecule has 5 rings (SSSR count). The number of carbonyl (C=O) groups excluding carboxylic acids is 1. The predicted molar refractivity (Wildman–Crippen MR) is 133 cm³/mol. The highest BCUT2D eigenvalue weighted by molar-refractivity contribution is 7.15. The lowest BCUT2D eigenvalue weighted by atomic mass is 10.1. The third-order valence-corrected chi connectivity index (χ3v) is 6.77. The van der Waals surface area contributed by atoms with E-state index in [0.29, 0.717) is 21.7 Å². The third-order valence-electron chi connectivity index (χ3n) is 5.78. The Morgan fingerprint density at radius 3 is 2.55 bits per heavy atom. The van der Waals surface area contributed by atoms with Gasteiger partial charge in [-0.1, -0.05) is 23.5 Å². The van der Waals surface area contributed by atoms with Gasteiger partial charge in [0, 0.05) is 13.1 Å². The number of imidazole rings is 1. The monoisotopic (exact) mass is 460 g/mol. The van der Waals surface area contributed by atoms with Crippen LogP contribution in [0.3, 0.4) is 0 Å². The van der Waals surface area contributed by atoms with Crippen molar-refractivity contribution in [1.82, 2.24) is 9.38 Å². The fourth-order valence-electron chi connectivity index (χ4n) is 4.32. The van der Waals surface area contributed by atoms with E-state index < -0.39 is 0 Å². The smallest absolute Gasteiger partial charge is 0.338 e.